The molecule has 0 saturated carbocycles. The molecule has 0 bridgehead atoms. The molecule has 1 heterocycles. The quantitative estimate of drug-likeness (QED) is 0.188. The lowest BCUT2D eigenvalue weighted by atomic mass is 10.1. The first kappa shape index (κ1) is 19.5. The molecule has 30 heavy (non-hydrogen) atoms. The highest BCUT2D eigenvalue weighted by molar-refractivity contribution is 7.14. The number of thiazole rings is 1. The molecule has 1 aromatic heterocycles. The molecule has 0 aliphatic carbocycles. The van der Waals surface area contributed by atoms with Gasteiger partial charge in [-0.1, -0.05) is 48.5 Å². The number of hydrogen-bond acceptors (Lipinski definition) is 6. The number of esters is 1. The Morgan fingerprint density at radius 1 is 1.00 bits per heavy atom. The third-order valence-corrected chi connectivity index (χ3v) is 5.15. The van der Waals surface area contributed by atoms with E-state index in [1.165, 1.54) is 11.3 Å². The molecule has 0 fully saturated rings. The first-order valence-corrected chi connectivity index (χ1v) is 10.2. The van der Waals surface area contributed by atoms with E-state index in [2.05, 4.69) is 15.5 Å². The summed E-state index contributed by atoms with van der Waals surface area (Å²) in [6.45, 7) is 1.88. The van der Waals surface area contributed by atoms with Gasteiger partial charge in [0, 0.05) is 10.9 Å². The minimum absolute atomic E-state index is 0.367. The van der Waals surface area contributed by atoms with Gasteiger partial charge in [-0.3, -0.25) is 5.43 Å². The normalized spacial score (nSPS) is 10.8. The first-order chi connectivity index (χ1) is 14.7. The highest BCUT2D eigenvalue weighted by atomic mass is 32.1. The molecule has 0 unspecified atom stereocenters. The third-order valence-electron chi connectivity index (χ3n) is 4.40. The van der Waals surface area contributed by atoms with Crippen molar-refractivity contribution in [2.75, 3.05) is 5.43 Å². The van der Waals surface area contributed by atoms with Crippen LogP contribution in [0, 0.1) is 6.92 Å². The molecule has 4 aromatic rings. The molecule has 0 aliphatic rings. The molecule has 148 valence electrons. The van der Waals surface area contributed by atoms with Gasteiger partial charge in [-0.2, -0.15) is 5.10 Å². The maximum absolute atomic E-state index is 12.3. The SMILES string of the molecule is Cc1ccccc1C(=O)Oc1ccc(/C=N/Nc2nc(-c3ccccc3)cs2)cc1. The molecule has 0 radical (unpaired) electrons. The lowest BCUT2D eigenvalue weighted by Gasteiger charge is -2.06. The Labute approximate surface area is 178 Å². The maximum atomic E-state index is 12.3. The van der Waals surface area contributed by atoms with Crippen molar-refractivity contribution in [1.82, 2.24) is 4.98 Å². The van der Waals surface area contributed by atoms with Crippen LogP contribution >= 0.6 is 11.3 Å². The summed E-state index contributed by atoms with van der Waals surface area (Å²) in [6, 6.07) is 24.5. The summed E-state index contributed by atoms with van der Waals surface area (Å²) in [7, 11) is 0. The van der Waals surface area contributed by atoms with Crippen LogP contribution < -0.4 is 10.2 Å². The number of ether oxygens (including phenoxy) is 1. The number of carbonyl (C=O) groups excluding carboxylic acids is 1. The van der Waals surface area contributed by atoms with Gasteiger partial charge in [-0.05, 0) is 48.4 Å². The van der Waals surface area contributed by atoms with Crippen LogP contribution in [0.4, 0.5) is 5.13 Å². The van der Waals surface area contributed by atoms with Crippen molar-refractivity contribution < 1.29 is 9.53 Å². The molecule has 3 aromatic carbocycles. The molecular weight excluding hydrogens is 394 g/mol. The van der Waals surface area contributed by atoms with Gasteiger partial charge in [0.1, 0.15) is 5.75 Å². The fraction of sp³-hybridized carbons (Fsp3) is 0.0417. The molecule has 0 saturated heterocycles. The van der Waals surface area contributed by atoms with Crippen LogP contribution in [-0.2, 0) is 0 Å². The summed E-state index contributed by atoms with van der Waals surface area (Å²) in [6.07, 6.45) is 1.69. The first-order valence-electron chi connectivity index (χ1n) is 9.37. The van der Waals surface area contributed by atoms with E-state index in [9.17, 15) is 4.79 Å². The molecule has 0 aliphatic heterocycles. The van der Waals surface area contributed by atoms with Gasteiger partial charge >= 0.3 is 5.97 Å². The molecule has 0 spiro atoms. The van der Waals surface area contributed by atoms with Crippen molar-refractivity contribution in [2.24, 2.45) is 5.10 Å². The highest BCUT2D eigenvalue weighted by Gasteiger charge is 2.10. The van der Waals surface area contributed by atoms with Crippen LogP contribution in [0.5, 0.6) is 5.75 Å². The van der Waals surface area contributed by atoms with E-state index in [0.29, 0.717) is 16.4 Å². The zero-order valence-corrected chi connectivity index (χ0v) is 17.1. The fourth-order valence-corrected chi connectivity index (χ4v) is 3.48. The Morgan fingerprint density at radius 2 is 1.73 bits per heavy atom. The smallest absolute Gasteiger partial charge is 0.343 e. The number of hydrogen-bond donors (Lipinski definition) is 1. The lowest BCUT2D eigenvalue weighted by Crippen LogP contribution is -2.10. The molecule has 1 N–H and O–H groups in total. The number of aryl methyl sites for hydroxylation is 1. The van der Waals surface area contributed by atoms with Crippen molar-refractivity contribution in [1.29, 1.82) is 0 Å². The van der Waals surface area contributed by atoms with Gasteiger partial charge in [-0.15, -0.1) is 11.3 Å². The Balaban J connectivity index is 1.35. The van der Waals surface area contributed by atoms with Crippen molar-refractivity contribution in [2.45, 2.75) is 6.92 Å². The van der Waals surface area contributed by atoms with E-state index < -0.39 is 0 Å². The number of carbonyl (C=O) groups is 1. The van der Waals surface area contributed by atoms with Gasteiger partial charge < -0.3 is 4.74 Å². The van der Waals surface area contributed by atoms with E-state index in [1.807, 2.05) is 73.0 Å². The molecule has 6 heteroatoms. The highest BCUT2D eigenvalue weighted by Crippen LogP contribution is 2.24. The standard InChI is InChI=1S/C24H19N3O2S/c1-17-7-5-6-10-21(17)23(28)29-20-13-11-18(12-14-20)15-25-27-24-26-22(16-30-24)19-8-3-2-4-9-19/h2-16H,1H3,(H,26,27)/b25-15+. The second-order valence-corrected chi connectivity index (χ2v) is 7.41. The van der Waals surface area contributed by atoms with E-state index in [1.54, 1.807) is 24.4 Å². The topological polar surface area (TPSA) is 63.6 Å². The number of hydrazone groups is 1. The van der Waals surface area contributed by atoms with E-state index in [-0.39, 0.29) is 5.97 Å². The summed E-state index contributed by atoms with van der Waals surface area (Å²) in [5, 5.41) is 6.94. The van der Waals surface area contributed by atoms with Crippen LogP contribution in [0.2, 0.25) is 0 Å². The molecular formula is C24H19N3O2S. The predicted octanol–water partition coefficient (Wildman–Crippen LogP) is 5.78. The van der Waals surface area contributed by atoms with E-state index >= 15 is 0 Å². The number of anilines is 1. The average Bonchev–Trinajstić information content (AvgIpc) is 3.25. The zero-order chi connectivity index (χ0) is 20.8. The average molecular weight is 414 g/mol. The summed E-state index contributed by atoms with van der Waals surface area (Å²) in [4.78, 5) is 16.8. The van der Waals surface area contributed by atoms with E-state index in [4.69, 9.17) is 4.74 Å². The van der Waals surface area contributed by atoms with Crippen molar-refractivity contribution >= 4 is 28.7 Å². The largest absolute Gasteiger partial charge is 0.423 e. The zero-order valence-electron chi connectivity index (χ0n) is 16.3. The second kappa shape index (κ2) is 9.15. The van der Waals surface area contributed by atoms with E-state index in [0.717, 1.165) is 22.4 Å². The summed E-state index contributed by atoms with van der Waals surface area (Å²) < 4.78 is 5.45. The number of nitrogens with one attached hydrogen (secondary N) is 1. The molecule has 0 amide bonds. The summed E-state index contributed by atoms with van der Waals surface area (Å²) in [5.74, 6) is 0.120. The van der Waals surface area contributed by atoms with Crippen LogP contribution in [0.1, 0.15) is 21.5 Å². The van der Waals surface area contributed by atoms with Crippen molar-refractivity contribution in [3.63, 3.8) is 0 Å². The van der Waals surface area contributed by atoms with Gasteiger partial charge in [0.2, 0.25) is 5.13 Å². The number of benzene rings is 3. The minimum atomic E-state index is -0.367. The Morgan fingerprint density at radius 3 is 2.50 bits per heavy atom. The number of nitrogens with zero attached hydrogens (tertiary/aromatic N) is 2. The van der Waals surface area contributed by atoms with Crippen LogP contribution in [-0.4, -0.2) is 17.2 Å². The fourth-order valence-electron chi connectivity index (χ4n) is 2.81. The second-order valence-electron chi connectivity index (χ2n) is 6.55. The van der Waals surface area contributed by atoms with Crippen molar-refractivity contribution in [3.05, 3.63) is 101 Å². The Bertz CT molecular complexity index is 1170. The minimum Gasteiger partial charge on any atom is -0.423 e. The maximum Gasteiger partial charge on any atom is 0.343 e. The summed E-state index contributed by atoms with van der Waals surface area (Å²) >= 11 is 1.49. The lowest BCUT2D eigenvalue weighted by molar-refractivity contribution is 0.0734. The van der Waals surface area contributed by atoms with Gasteiger partial charge in [0.25, 0.3) is 0 Å². The van der Waals surface area contributed by atoms with Crippen molar-refractivity contribution in [3.8, 4) is 17.0 Å². The van der Waals surface area contributed by atoms with Crippen LogP contribution in [0.15, 0.2) is 89.3 Å². The molecule has 0 atom stereocenters. The monoisotopic (exact) mass is 413 g/mol. The Kier molecular flexibility index (Phi) is 5.96. The molecule has 5 nitrogen and oxygen atoms in total. The van der Waals surface area contributed by atoms with Crippen LogP contribution in [0.25, 0.3) is 11.3 Å². The molecule has 4 rings (SSSR count). The number of rotatable bonds is 6. The Hall–Kier alpha value is -3.77. The van der Waals surface area contributed by atoms with Crippen LogP contribution in [0.3, 0.4) is 0 Å². The van der Waals surface area contributed by atoms with Gasteiger partial charge in [0.15, 0.2) is 0 Å². The number of aromatic nitrogens is 1. The van der Waals surface area contributed by atoms with Gasteiger partial charge in [0.05, 0.1) is 17.5 Å². The van der Waals surface area contributed by atoms with Gasteiger partial charge in [-0.25, -0.2) is 9.78 Å². The third kappa shape index (κ3) is 4.79. The summed E-state index contributed by atoms with van der Waals surface area (Å²) in [5.41, 5.74) is 7.25. The predicted molar refractivity (Wildman–Crippen MR) is 121 cm³/mol.